The molecule has 2 aliphatic rings. The van der Waals surface area contributed by atoms with Crippen molar-refractivity contribution in [2.45, 2.75) is 117 Å². The third-order valence-electron chi connectivity index (χ3n) is 8.95. The average molecular weight is 681 g/mol. The van der Waals surface area contributed by atoms with Gasteiger partial charge in [0.1, 0.15) is 0 Å². The molecular formula is C34H50O4Se2. The number of hydrogen-bond acceptors (Lipinski definition) is 4. The molecular weight excluding hydrogens is 630 g/mol. The first-order chi connectivity index (χ1) is 18.7. The second-order valence-electron chi connectivity index (χ2n) is 13.9. The molecule has 0 N–H and O–H groups in total. The van der Waals surface area contributed by atoms with Crippen molar-refractivity contribution in [2.24, 2.45) is 0 Å². The molecule has 0 aromatic heterocycles. The predicted molar refractivity (Wildman–Crippen MR) is 168 cm³/mol. The van der Waals surface area contributed by atoms with Crippen molar-refractivity contribution < 1.29 is 18.9 Å². The molecule has 0 unspecified atom stereocenters. The first kappa shape index (κ1) is 31.9. The van der Waals surface area contributed by atoms with Crippen LogP contribution in [-0.4, -0.2) is 53.1 Å². The van der Waals surface area contributed by atoms with Crippen LogP contribution in [0.1, 0.15) is 117 Å². The Hall–Kier alpha value is -1.00. The molecule has 4 rings (SSSR count). The van der Waals surface area contributed by atoms with E-state index in [9.17, 15) is 0 Å². The predicted octanol–water partition coefficient (Wildman–Crippen LogP) is 6.40. The minimum atomic E-state index is 0.0900. The maximum atomic E-state index is 6.33. The first-order valence-electron chi connectivity index (χ1n) is 14.9. The molecule has 0 saturated heterocycles. The van der Waals surface area contributed by atoms with Crippen LogP contribution in [0.25, 0.3) is 0 Å². The molecule has 2 aromatic rings. The third-order valence-corrected chi connectivity index (χ3v) is 16.0. The van der Waals surface area contributed by atoms with Crippen molar-refractivity contribution in [1.82, 2.24) is 0 Å². The number of fused-ring (bicyclic) bond motifs is 2. The summed E-state index contributed by atoms with van der Waals surface area (Å²) in [5.74, 6) is 2.04. The Balaban J connectivity index is 1.71. The Morgan fingerprint density at radius 1 is 0.550 bits per heavy atom. The zero-order valence-electron chi connectivity index (χ0n) is 26.4. The number of rotatable bonds is 11. The van der Waals surface area contributed by atoms with Gasteiger partial charge in [0, 0.05) is 0 Å². The van der Waals surface area contributed by atoms with Crippen LogP contribution in [0, 0.1) is 0 Å². The SMILES string of the molecule is CCOCOc1cc([Se][Se]c2cc(OCOCC)c3c(c2)C(C)(C)CCC3(C)C)cc2c1C(C)(C)CCC2(C)C. The van der Waals surface area contributed by atoms with Crippen LogP contribution in [-0.2, 0) is 31.1 Å². The molecule has 6 heteroatoms. The summed E-state index contributed by atoms with van der Waals surface area (Å²) < 4.78 is 26.7. The minimum absolute atomic E-state index is 0.0900. The van der Waals surface area contributed by atoms with Gasteiger partial charge in [-0.15, -0.1) is 0 Å². The van der Waals surface area contributed by atoms with Crippen LogP contribution in [0.3, 0.4) is 0 Å². The van der Waals surface area contributed by atoms with Crippen LogP contribution in [0.5, 0.6) is 11.5 Å². The summed E-state index contributed by atoms with van der Waals surface area (Å²) in [6, 6.07) is 9.65. The van der Waals surface area contributed by atoms with E-state index in [1.54, 1.807) is 0 Å². The monoisotopic (exact) mass is 682 g/mol. The summed E-state index contributed by atoms with van der Waals surface area (Å²) in [5, 5.41) is 0. The van der Waals surface area contributed by atoms with Gasteiger partial charge in [0.25, 0.3) is 0 Å². The molecule has 4 nitrogen and oxygen atoms in total. The van der Waals surface area contributed by atoms with E-state index < -0.39 is 0 Å². The summed E-state index contributed by atoms with van der Waals surface area (Å²) in [5.41, 5.74) is 6.11. The molecule has 222 valence electrons. The molecule has 0 saturated carbocycles. The van der Waals surface area contributed by atoms with E-state index in [2.05, 4.69) is 79.7 Å². The topological polar surface area (TPSA) is 36.9 Å². The Morgan fingerprint density at radius 2 is 0.900 bits per heavy atom. The normalized spacial score (nSPS) is 19.9. The van der Waals surface area contributed by atoms with Gasteiger partial charge >= 0.3 is 256 Å². The fourth-order valence-electron chi connectivity index (χ4n) is 6.21. The van der Waals surface area contributed by atoms with Gasteiger partial charge in [-0.25, -0.2) is 0 Å². The molecule has 0 radical (unpaired) electrons. The fraction of sp³-hybridized carbons (Fsp3) is 0.647. The van der Waals surface area contributed by atoms with E-state index in [-0.39, 0.29) is 21.7 Å². The number of benzene rings is 2. The second-order valence-corrected chi connectivity index (χ2v) is 20.2. The first-order valence-corrected chi connectivity index (χ1v) is 20.9. The molecule has 0 aliphatic heterocycles. The molecule has 40 heavy (non-hydrogen) atoms. The Kier molecular flexibility index (Phi) is 9.83. The van der Waals surface area contributed by atoms with Crippen LogP contribution in [0.15, 0.2) is 24.3 Å². The van der Waals surface area contributed by atoms with Crippen molar-refractivity contribution in [3.63, 3.8) is 0 Å². The van der Waals surface area contributed by atoms with E-state index >= 15 is 0 Å². The van der Waals surface area contributed by atoms with Crippen molar-refractivity contribution in [3.8, 4) is 11.5 Å². The van der Waals surface area contributed by atoms with E-state index in [0.717, 1.165) is 24.3 Å². The van der Waals surface area contributed by atoms with Gasteiger partial charge in [-0.3, -0.25) is 0 Å². The van der Waals surface area contributed by atoms with Gasteiger partial charge in [0.15, 0.2) is 0 Å². The summed E-state index contributed by atoms with van der Waals surface area (Å²) in [6.07, 6.45) is 4.71. The van der Waals surface area contributed by atoms with Crippen LogP contribution in [0.2, 0.25) is 0 Å². The molecule has 0 bridgehead atoms. The summed E-state index contributed by atoms with van der Waals surface area (Å²) in [4.78, 5) is 0. The third kappa shape index (κ3) is 6.80. The molecule has 0 spiro atoms. The van der Waals surface area contributed by atoms with E-state index in [4.69, 9.17) is 18.9 Å². The summed E-state index contributed by atoms with van der Waals surface area (Å²) in [7, 11) is 0. The number of hydrogen-bond donors (Lipinski definition) is 0. The molecule has 0 amide bonds. The van der Waals surface area contributed by atoms with Crippen molar-refractivity contribution >= 4 is 35.2 Å². The Labute approximate surface area is 254 Å². The average Bonchev–Trinajstić information content (AvgIpc) is 2.88. The van der Waals surface area contributed by atoms with Crippen molar-refractivity contribution in [1.29, 1.82) is 0 Å². The van der Waals surface area contributed by atoms with E-state index in [0.29, 0.717) is 53.1 Å². The zero-order chi connectivity index (χ0) is 29.3. The van der Waals surface area contributed by atoms with Crippen molar-refractivity contribution in [2.75, 3.05) is 26.8 Å². The fourth-order valence-corrected chi connectivity index (χ4v) is 12.2. The zero-order valence-corrected chi connectivity index (χ0v) is 29.8. The van der Waals surface area contributed by atoms with Gasteiger partial charge in [-0.05, 0) is 0 Å². The van der Waals surface area contributed by atoms with Crippen LogP contribution >= 0.6 is 0 Å². The Bertz CT molecular complexity index is 1110. The van der Waals surface area contributed by atoms with E-state index in [1.807, 2.05) is 13.8 Å². The summed E-state index contributed by atoms with van der Waals surface area (Å²) >= 11 is 0.617. The van der Waals surface area contributed by atoms with Crippen molar-refractivity contribution in [3.05, 3.63) is 46.5 Å². The quantitative estimate of drug-likeness (QED) is 0.156. The molecule has 0 fully saturated rings. The second kappa shape index (κ2) is 12.3. The maximum absolute atomic E-state index is 6.33. The van der Waals surface area contributed by atoms with Gasteiger partial charge < -0.3 is 0 Å². The molecule has 2 aromatic carbocycles. The molecule has 0 heterocycles. The number of ether oxygens (including phenoxy) is 4. The molecule has 2 aliphatic carbocycles. The Morgan fingerprint density at radius 3 is 1.25 bits per heavy atom. The standard InChI is InChI=1S/C34H50O4Se2/c1-11-35-21-37-27-19-23(17-25-29(27)33(7,8)15-13-31(25,3)4)39-40-24-18-26-30(28(20-24)38-22-36-12-2)34(9,10)16-14-32(26,5)6/h17-20H,11-16,21-22H2,1-10H3. The van der Waals surface area contributed by atoms with E-state index in [1.165, 1.54) is 44.0 Å². The summed E-state index contributed by atoms with van der Waals surface area (Å²) in [6.45, 7) is 25.0. The van der Waals surface area contributed by atoms with Gasteiger partial charge in [-0.1, -0.05) is 0 Å². The molecule has 0 atom stereocenters. The van der Waals surface area contributed by atoms with Crippen LogP contribution < -0.4 is 18.4 Å². The van der Waals surface area contributed by atoms with Crippen LogP contribution in [0.4, 0.5) is 0 Å². The van der Waals surface area contributed by atoms with Gasteiger partial charge in [-0.2, -0.15) is 0 Å². The van der Waals surface area contributed by atoms with Gasteiger partial charge in [0.05, 0.1) is 0 Å². The van der Waals surface area contributed by atoms with Gasteiger partial charge in [0.2, 0.25) is 0 Å².